The SMILES string of the molecule is CCCC(Oc1ccc(N)cc1)C(=O)c1cccs1. The summed E-state index contributed by atoms with van der Waals surface area (Å²) in [6.45, 7) is 2.04. The molecule has 2 aromatic rings. The molecule has 0 saturated carbocycles. The van der Waals surface area contributed by atoms with Gasteiger partial charge in [-0.1, -0.05) is 19.4 Å². The van der Waals surface area contributed by atoms with Gasteiger partial charge in [0.25, 0.3) is 0 Å². The topological polar surface area (TPSA) is 52.3 Å². The van der Waals surface area contributed by atoms with Crippen molar-refractivity contribution in [2.24, 2.45) is 0 Å². The quantitative estimate of drug-likeness (QED) is 0.645. The first-order chi connectivity index (χ1) is 9.20. The number of nitrogen functional groups attached to an aromatic ring is 1. The average Bonchev–Trinajstić information content (AvgIpc) is 2.94. The highest BCUT2D eigenvalue weighted by molar-refractivity contribution is 7.12. The van der Waals surface area contributed by atoms with Crippen LogP contribution in [0.5, 0.6) is 5.75 Å². The van der Waals surface area contributed by atoms with Crippen LogP contribution in [0.25, 0.3) is 0 Å². The van der Waals surface area contributed by atoms with Crippen LogP contribution in [-0.4, -0.2) is 11.9 Å². The Morgan fingerprint density at radius 3 is 2.63 bits per heavy atom. The number of Topliss-reactive ketones (excluding diaryl/α,β-unsaturated/α-hetero) is 1. The molecule has 1 aromatic heterocycles. The normalized spacial score (nSPS) is 12.1. The van der Waals surface area contributed by atoms with Gasteiger partial charge in [-0.2, -0.15) is 0 Å². The summed E-state index contributed by atoms with van der Waals surface area (Å²) in [6, 6.07) is 10.8. The maximum atomic E-state index is 12.3. The predicted molar refractivity (Wildman–Crippen MR) is 78.8 cm³/mol. The lowest BCUT2D eigenvalue weighted by Crippen LogP contribution is -2.26. The summed E-state index contributed by atoms with van der Waals surface area (Å²) in [5.74, 6) is 0.728. The fourth-order valence-corrected chi connectivity index (χ4v) is 2.50. The maximum Gasteiger partial charge on any atom is 0.213 e. The van der Waals surface area contributed by atoms with Gasteiger partial charge in [-0.15, -0.1) is 11.3 Å². The van der Waals surface area contributed by atoms with E-state index in [1.807, 2.05) is 24.4 Å². The minimum Gasteiger partial charge on any atom is -0.482 e. The van der Waals surface area contributed by atoms with Crippen LogP contribution >= 0.6 is 11.3 Å². The Kier molecular flexibility index (Phi) is 4.58. The second kappa shape index (κ2) is 6.38. The van der Waals surface area contributed by atoms with Crippen molar-refractivity contribution >= 4 is 22.8 Å². The number of anilines is 1. The van der Waals surface area contributed by atoms with E-state index >= 15 is 0 Å². The number of ether oxygens (including phenoxy) is 1. The molecule has 2 rings (SSSR count). The average molecular weight is 275 g/mol. The van der Waals surface area contributed by atoms with Gasteiger partial charge < -0.3 is 10.5 Å². The third kappa shape index (κ3) is 3.58. The van der Waals surface area contributed by atoms with Gasteiger partial charge in [0.05, 0.1) is 4.88 Å². The molecule has 19 heavy (non-hydrogen) atoms. The van der Waals surface area contributed by atoms with E-state index in [0.29, 0.717) is 17.9 Å². The van der Waals surface area contributed by atoms with Crippen molar-refractivity contribution in [2.75, 3.05) is 5.73 Å². The van der Waals surface area contributed by atoms with E-state index in [-0.39, 0.29) is 5.78 Å². The summed E-state index contributed by atoms with van der Waals surface area (Å²) in [5.41, 5.74) is 6.32. The molecule has 1 heterocycles. The zero-order valence-corrected chi connectivity index (χ0v) is 11.7. The van der Waals surface area contributed by atoms with Gasteiger partial charge in [-0.25, -0.2) is 0 Å². The number of hydrogen-bond acceptors (Lipinski definition) is 4. The van der Waals surface area contributed by atoms with Crippen molar-refractivity contribution in [3.05, 3.63) is 46.7 Å². The summed E-state index contributed by atoms with van der Waals surface area (Å²) in [5, 5.41) is 1.90. The lowest BCUT2D eigenvalue weighted by atomic mass is 10.1. The fourth-order valence-electron chi connectivity index (χ4n) is 1.79. The number of carbonyl (C=O) groups excluding carboxylic acids is 1. The molecule has 0 spiro atoms. The highest BCUT2D eigenvalue weighted by Crippen LogP contribution is 2.20. The molecule has 100 valence electrons. The van der Waals surface area contributed by atoms with E-state index in [2.05, 4.69) is 0 Å². The monoisotopic (exact) mass is 275 g/mol. The Bertz CT molecular complexity index is 520. The number of thiophene rings is 1. The lowest BCUT2D eigenvalue weighted by molar-refractivity contribution is 0.0782. The highest BCUT2D eigenvalue weighted by atomic mass is 32.1. The van der Waals surface area contributed by atoms with E-state index < -0.39 is 6.10 Å². The van der Waals surface area contributed by atoms with Crippen LogP contribution in [0.15, 0.2) is 41.8 Å². The molecule has 0 radical (unpaired) electrons. The molecule has 1 unspecified atom stereocenters. The Morgan fingerprint density at radius 1 is 1.32 bits per heavy atom. The molecule has 0 aliphatic carbocycles. The molecule has 0 fully saturated rings. The standard InChI is InChI=1S/C15H17NO2S/c1-2-4-13(15(17)14-5-3-10-19-14)18-12-8-6-11(16)7-9-12/h3,5-10,13H,2,4,16H2,1H3. The Hall–Kier alpha value is -1.81. The van der Waals surface area contributed by atoms with E-state index in [0.717, 1.165) is 11.3 Å². The summed E-state index contributed by atoms with van der Waals surface area (Å²) in [7, 11) is 0. The predicted octanol–water partition coefficient (Wildman–Crippen LogP) is 3.76. The smallest absolute Gasteiger partial charge is 0.213 e. The third-order valence-corrected chi connectivity index (χ3v) is 3.65. The number of ketones is 1. The zero-order valence-electron chi connectivity index (χ0n) is 10.8. The Morgan fingerprint density at radius 2 is 2.05 bits per heavy atom. The van der Waals surface area contributed by atoms with E-state index in [1.165, 1.54) is 11.3 Å². The van der Waals surface area contributed by atoms with Gasteiger partial charge in [0.2, 0.25) is 5.78 Å². The van der Waals surface area contributed by atoms with Gasteiger partial charge in [0, 0.05) is 5.69 Å². The molecule has 3 nitrogen and oxygen atoms in total. The summed E-state index contributed by atoms with van der Waals surface area (Å²) in [6.07, 6.45) is 1.19. The van der Waals surface area contributed by atoms with Gasteiger partial charge in [-0.3, -0.25) is 4.79 Å². The molecule has 4 heteroatoms. The molecule has 0 saturated heterocycles. The largest absolute Gasteiger partial charge is 0.482 e. The number of nitrogens with two attached hydrogens (primary N) is 1. The van der Waals surface area contributed by atoms with Gasteiger partial charge >= 0.3 is 0 Å². The van der Waals surface area contributed by atoms with Gasteiger partial charge in [-0.05, 0) is 42.1 Å². The molecule has 1 aromatic carbocycles. The molecule has 0 aliphatic rings. The number of rotatable bonds is 6. The highest BCUT2D eigenvalue weighted by Gasteiger charge is 2.21. The second-order valence-corrected chi connectivity index (χ2v) is 5.25. The number of hydrogen-bond donors (Lipinski definition) is 1. The first-order valence-electron chi connectivity index (χ1n) is 6.30. The van der Waals surface area contributed by atoms with Crippen molar-refractivity contribution in [1.29, 1.82) is 0 Å². The first kappa shape index (κ1) is 13.6. The molecule has 0 bridgehead atoms. The van der Waals surface area contributed by atoms with Crippen LogP contribution in [0.2, 0.25) is 0 Å². The maximum absolute atomic E-state index is 12.3. The summed E-state index contributed by atoms with van der Waals surface area (Å²) in [4.78, 5) is 13.1. The molecule has 0 amide bonds. The second-order valence-electron chi connectivity index (χ2n) is 4.31. The van der Waals surface area contributed by atoms with Gasteiger partial charge in [0.1, 0.15) is 5.75 Å². The van der Waals surface area contributed by atoms with Crippen LogP contribution in [0, 0.1) is 0 Å². The summed E-state index contributed by atoms with van der Waals surface area (Å²) >= 11 is 1.45. The van der Waals surface area contributed by atoms with E-state index in [1.54, 1.807) is 24.3 Å². The van der Waals surface area contributed by atoms with Crippen molar-refractivity contribution in [2.45, 2.75) is 25.9 Å². The third-order valence-electron chi connectivity index (χ3n) is 2.77. The van der Waals surface area contributed by atoms with Crippen LogP contribution in [-0.2, 0) is 0 Å². The Balaban J connectivity index is 2.11. The first-order valence-corrected chi connectivity index (χ1v) is 7.18. The van der Waals surface area contributed by atoms with Crippen molar-refractivity contribution in [1.82, 2.24) is 0 Å². The van der Waals surface area contributed by atoms with E-state index in [9.17, 15) is 4.79 Å². The summed E-state index contributed by atoms with van der Waals surface area (Å²) < 4.78 is 5.80. The molecule has 2 N–H and O–H groups in total. The minimum absolute atomic E-state index is 0.0497. The van der Waals surface area contributed by atoms with Crippen LogP contribution in [0.1, 0.15) is 29.4 Å². The van der Waals surface area contributed by atoms with E-state index in [4.69, 9.17) is 10.5 Å². The van der Waals surface area contributed by atoms with Crippen LogP contribution < -0.4 is 10.5 Å². The van der Waals surface area contributed by atoms with Gasteiger partial charge in [0.15, 0.2) is 6.10 Å². The number of carbonyl (C=O) groups is 1. The molecule has 0 aliphatic heterocycles. The fraction of sp³-hybridized carbons (Fsp3) is 0.267. The molecule has 1 atom stereocenters. The lowest BCUT2D eigenvalue weighted by Gasteiger charge is -2.17. The Labute approximate surface area is 117 Å². The minimum atomic E-state index is -0.424. The van der Waals surface area contributed by atoms with Crippen molar-refractivity contribution in [3.63, 3.8) is 0 Å². The number of benzene rings is 1. The molecular weight excluding hydrogens is 258 g/mol. The molecular formula is C15H17NO2S. The van der Waals surface area contributed by atoms with Crippen LogP contribution in [0.4, 0.5) is 5.69 Å². The zero-order chi connectivity index (χ0) is 13.7. The van der Waals surface area contributed by atoms with Crippen LogP contribution in [0.3, 0.4) is 0 Å². The van der Waals surface area contributed by atoms with Crippen molar-refractivity contribution < 1.29 is 9.53 Å². The van der Waals surface area contributed by atoms with Crippen molar-refractivity contribution in [3.8, 4) is 5.75 Å².